The zero-order valence-corrected chi connectivity index (χ0v) is 14.1. The van der Waals surface area contributed by atoms with E-state index in [1.54, 1.807) is 24.3 Å². The Morgan fingerprint density at radius 3 is 2.35 bits per heavy atom. The Morgan fingerprint density at radius 2 is 1.90 bits per heavy atom. The molecule has 2 atom stereocenters. The van der Waals surface area contributed by atoms with Gasteiger partial charge in [-0.1, -0.05) is 0 Å². The van der Waals surface area contributed by atoms with E-state index in [-0.39, 0.29) is 18.4 Å². The van der Waals surface area contributed by atoms with Gasteiger partial charge in [-0.25, -0.2) is 0 Å². The Kier molecular flexibility index (Phi) is 6.05. The van der Waals surface area contributed by atoms with E-state index in [4.69, 9.17) is 14.6 Å². The average Bonchev–Trinajstić information content (AvgIpc) is 2.34. The molecule has 0 fully saturated rings. The normalized spacial score (nSPS) is 14.7. The van der Waals surface area contributed by atoms with Crippen LogP contribution in [0, 0.1) is 0 Å². The summed E-state index contributed by atoms with van der Waals surface area (Å²) in [5.74, 6) is -0.270. The summed E-state index contributed by atoms with van der Waals surface area (Å²) in [6, 6.07) is 6.41. The molecule has 0 radical (unpaired) electrons. The fraction of sp³-hybridized carbons (Fsp3) is 0.500. The Hall–Kier alpha value is -1.03. The summed E-state index contributed by atoms with van der Waals surface area (Å²) >= 11 is -3.26. The molecule has 3 N–H and O–H groups in total. The monoisotopic (exact) mass is 343 g/mol. The minimum atomic E-state index is -3.26. The molecule has 0 saturated heterocycles. The first kappa shape index (κ1) is 17.0. The first-order valence-electron chi connectivity index (χ1n) is 6.50. The summed E-state index contributed by atoms with van der Waals surface area (Å²) in [6.45, 7) is 5.47. The third-order valence-electron chi connectivity index (χ3n) is 2.67. The molecule has 0 aromatic heterocycles. The van der Waals surface area contributed by atoms with Gasteiger partial charge in [0.05, 0.1) is 0 Å². The van der Waals surface area contributed by atoms with Crippen LogP contribution >= 0.6 is 0 Å². The second-order valence-corrected chi connectivity index (χ2v) is 8.15. The Morgan fingerprint density at radius 1 is 1.35 bits per heavy atom. The summed E-state index contributed by atoms with van der Waals surface area (Å²) in [5, 5.41) is 0. The van der Waals surface area contributed by atoms with Crippen molar-refractivity contribution in [2.75, 3.05) is 0 Å². The first-order valence-corrected chi connectivity index (χ1v) is 9.34. The van der Waals surface area contributed by atoms with Gasteiger partial charge in [0.2, 0.25) is 0 Å². The van der Waals surface area contributed by atoms with E-state index in [1.165, 1.54) is 0 Å². The van der Waals surface area contributed by atoms with Crippen molar-refractivity contribution in [2.45, 2.75) is 45.3 Å². The van der Waals surface area contributed by atoms with Gasteiger partial charge < -0.3 is 0 Å². The van der Waals surface area contributed by atoms with Gasteiger partial charge in [-0.3, -0.25) is 0 Å². The number of carbonyl (C=O) groups is 1. The van der Waals surface area contributed by atoms with E-state index in [9.17, 15) is 8.53 Å². The molecule has 6 heteroatoms. The van der Waals surface area contributed by atoms with Gasteiger partial charge in [-0.15, -0.1) is 0 Å². The quantitative estimate of drug-likeness (QED) is 0.606. The number of benzene rings is 1. The fourth-order valence-corrected chi connectivity index (χ4v) is 2.65. The second kappa shape index (κ2) is 7.11. The maximum absolute atomic E-state index is 11.6. The van der Waals surface area contributed by atoms with Gasteiger partial charge in [-0.2, -0.15) is 0 Å². The summed E-state index contributed by atoms with van der Waals surface area (Å²) < 4.78 is 25.7. The number of hydrogen-bond acceptors (Lipinski definition) is 4. The van der Waals surface area contributed by atoms with E-state index in [0.29, 0.717) is 10.8 Å². The summed E-state index contributed by atoms with van der Waals surface area (Å²) in [7, 11) is 0. The van der Waals surface area contributed by atoms with E-state index < -0.39 is 20.5 Å². The first-order chi connectivity index (χ1) is 9.19. The Bertz CT molecular complexity index is 479. The summed E-state index contributed by atoms with van der Waals surface area (Å²) in [5.41, 5.74) is 6.36. The molecule has 112 valence electrons. The van der Waals surface area contributed by atoms with Crippen LogP contribution in [0.25, 0.3) is 0 Å². The third-order valence-corrected chi connectivity index (χ3v) is 4.40. The number of rotatable bonds is 5. The molecule has 0 amide bonds. The molecule has 1 aromatic carbocycles. The molecule has 20 heavy (non-hydrogen) atoms. The predicted octanol–water partition coefficient (Wildman–Crippen LogP) is 0.659. The van der Waals surface area contributed by atoms with Crippen molar-refractivity contribution in [3.63, 3.8) is 0 Å². The SMILES string of the molecule is CC(C)(C)OC(=O)CCC(N)c1ccc([AsH](=O)O)cc1. The summed E-state index contributed by atoms with van der Waals surface area (Å²) in [4.78, 5) is 11.6. The zero-order chi connectivity index (χ0) is 15.3. The van der Waals surface area contributed by atoms with Crippen molar-refractivity contribution in [1.82, 2.24) is 0 Å². The van der Waals surface area contributed by atoms with Crippen molar-refractivity contribution < 1.29 is 17.4 Å². The summed E-state index contributed by atoms with van der Waals surface area (Å²) in [6.07, 6.45) is 0.731. The number of esters is 1. The van der Waals surface area contributed by atoms with Crippen LogP contribution in [0.4, 0.5) is 0 Å². The zero-order valence-electron chi connectivity index (χ0n) is 12.1. The topological polar surface area (TPSA) is 89.6 Å². The molecule has 0 spiro atoms. The van der Waals surface area contributed by atoms with E-state index >= 15 is 0 Å². The van der Waals surface area contributed by atoms with Gasteiger partial charge in [0.25, 0.3) is 0 Å². The molecule has 0 aliphatic rings. The molecular weight excluding hydrogens is 321 g/mol. The van der Waals surface area contributed by atoms with Crippen molar-refractivity contribution in [3.8, 4) is 0 Å². The van der Waals surface area contributed by atoms with Gasteiger partial charge in [-0.05, 0) is 0 Å². The van der Waals surface area contributed by atoms with Gasteiger partial charge in [0.15, 0.2) is 0 Å². The molecule has 0 saturated carbocycles. The minimum absolute atomic E-state index is 0.251. The average molecular weight is 343 g/mol. The molecular formula is C14H22AsNO4. The Balaban J connectivity index is 2.52. The van der Waals surface area contributed by atoms with E-state index in [1.807, 2.05) is 20.8 Å². The molecule has 0 bridgehead atoms. The predicted molar refractivity (Wildman–Crippen MR) is 78.1 cm³/mol. The number of nitrogens with two attached hydrogens (primary N) is 1. The molecule has 1 aromatic rings. The van der Waals surface area contributed by atoms with Crippen LogP contribution in [-0.2, 0) is 13.3 Å². The van der Waals surface area contributed by atoms with Crippen LogP contribution in [0.3, 0.4) is 0 Å². The van der Waals surface area contributed by atoms with Crippen molar-refractivity contribution in [1.29, 1.82) is 0 Å². The number of hydrogen-bond donors (Lipinski definition) is 2. The number of carbonyl (C=O) groups excluding carboxylic acids is 1. The standard InChI is InChI=1S/C14H22AsNO4/c1-14(2,3)20-13(17)9-8-12(16)10-4-6-11(7-5-10)15(18)19/h4-7,12,15H,8-9,16H2,1-3H3,(H,18,19). The molecule has 5 nitrogen and oxygen atoms in total. The molecule has 0 heterocycles. The number of ether oxygens (including phenoxy) is 1. The van der Waals surface area contributed by atoms with Crippen molar-refractivity contribution in [3.05, 3.63) is 29.8 Å². The Labute approximate surface area is 124 Å². The van der Waals surface area contributed by atoms with E-state index in [0.717, 1.165) is 5.56 Å². The van der Waals surface area contributed by atoms with Crippen LogP contribution < -0.4 is 10.1 Å². The molecule has 2 unspecified atom stereocenters. The van der Waals surface area contributed by atoms with Gasteiger partial charge in [0.1, 0.15) is 0 Å². The van der Waals surface area contributed by atoms with Crippen LogP contribution in [-0.4, -0.2) is 30.6 Å². The molecule has 0 aliphatic carbocycles. The second-order valence-electron chi connectivity index (χ2n) is 5.66. The molecule has 1 rings (SSSR count). The van der Waals surface area contributed by atoms with Crippen LogP contribution in [0.15, 0.2) is 24.3 Å². The van der Waals surface area contributed by atoms with Crippen LogP contribution in [0.5, 0.6) is 0 Å². The fourth-order valence-electron chi connectivity index (χ4n) is 1.71. The van der Waals surface area contributed by atoms with Crippen molar-refractivity contribution >= 4 is 25.3 Å². The molecule has 0 aliphatic heterocycles. The van der Waals surface area contributed by atoms with E-state index in [2.05, 4.69) is 0 Å². The van der Waals surface area contributed by atoms with Crippen molar-refractivity contribution in [2.24, 2.45) is 5.73 Å². The third kappa shape index (κ3) is 5.95. The van der Waals surface area contributed by atoms with Gasteiger partial charge >= 0.3 is 123 Å². The van der Waals surface area contributed by atoms with Crippen LogP contribution in [0.2, 0.25) is 0 Å². The van der Waals surface area contributed by atoms with Crippen LogP contribution in [0.1, 0.15) is 45.2 Å². The van der Waals surface area contributed by atoms with Gasteiger partial charge in [0, 0.05) is 0 Å². The maximum atomic E-state index is 11.6.